The van der Waals surface area contributed by atoms with Crippen molar-refractivity contribution in [2.45, 2.75) is 25.6 Å². The molecule has 0 spiro atoms. The van der Waals surface area contributed by atoms with Gasteiger partial charge in [0.1, 0.15) is 5.60 Å². The minimum absolute atomic E-state index is 0.398. The number of methoxy groups -OCH3 is 3. The maximum Gasteiger partial charge on any atom is 0.203 e. The summed E-state index contributed by atoms with van der Waals surface area (Å²) in [4.78, 5) is 2.16. The smallest absolute Gasteiger partial charge is 0.203 e. The van der Waals surface area contributed by atoms with Crippen LogP contribution in [0.5, 0.6) is 17.2 Å². The van der Waals surface area contributed by atoms with Crippen LogP contribution < -0.4 is 14.2 Å². The third-order valence-corrected chi connectivity index (χ3v) is 4.68. The number of hydrogen-bond acceptors (Lipinski definition) is 5. The van der Waals surface area contributed by atoms with E-state index in [1.54, 1.807) is 21.3 Å². The van der Waals surface area contributed by atoms with Crippen molar-refractivity contribution >= 4 is 0 Å². The first kappa shape index (κ1) is 21.1. The fourth-order valence-electron chi connectivity index (χ4n) is 3.33. The van der Waals surface area contributed by atoms with Crippen LogP contribution in [-0.2, 0) is 16.9 Å². The summed E-state index contributed by atoms with van der Waals surface area (Å²) in [6.07, 6.45) is 0.861. The standard InChI is InChI=1S/C22H31NO4/c1-7-22(16-23(2)3,18-11-9-8-10-12-18)27-15-17-13-19(24-4)21(26-6)20(14-17)25-5/h8-14H,7,15-16H2,1-6H3. The molecule has 0 aromatic heterocycles. The summed E-state index contributed by atoms with van der Waals surface area (Å²) in [5.41, 5.74) is 1.75. The van der Waals surface area contributed by atoms with Gasteiger partial charge in [-0.05, 0) is 43.8 Å². The van der Waals surface area contributed by atoms with E-state index in [-0.39, 0.29) is 0 Å². The lowest BCUT2D eigenvalue weighted by molar-refractivity contribution is -0.0787. The Morgan fingerprint density at radius 3 is 1.93 bits per heavy atom. The number of hydrogen-bond donors (Lipinski definition) is 0. The minimum atomic E-state index is -0.398. The van der Waals surface area contributed by atoms with E-state index in [9.17, 15) is 0 Å². The average molecular weight is 373 g/mol. The van der Waals surface area contributed by atoms with Gasteiger partial charge in [-0.15, -0.1) is 0 Å². The Hall–Kier alpha value is -2.24. The Bertz CT molecular complexity index is 693. The Kier molecular flexibility index (Phi) is 7.51. The first-order chi connectivity index (χ1) is 13.0. The van der Waals surface area contributed by atoms with E-state index in [0.29, 0.717) is 23.9 Å². The molecule has 0 aliphatic heterocycles. The van der Waals surface area contributed by atoms with Gasteiger partial charge in [0.2, 0.25) is 5.75 Å². The number of likely N-dealkylation sites (N-methyl/N-ethyl adjacent to an activating group) is 1. The topological polar surface area (TPSA) is 40.2 Å². The van der Waals surface area contributed by atoms with Crippen molar-refractivity contribution in [3.63, 3.8) is 0 Å². The number of ether oxygens (including phenoxy) is 4. The zero-order valence-corrected chi connectivity index (χ0v) is 17.2. The molecule has 2 aromatic carbocycles. The molecule has 27 heavy (non-hydrogen) atoms. The number of nitrogens with zero attached hydrogens (tertiary/aromatic N) is 1. The van der Waals surface area contributed by atoms with Gasteiger partial charge >= 0.3 is 0 Å². The van der Waals surface area contributed by atoms with Gasteiger partial charge in [-0.3, -0.25) is 0 Å². The van der Waals surface area contributed by atoms with E-state index in [2.05, 4.69) is 50.2 Å². The van der Waals surface area contributed by atoms with E-state index >= 15 is 0 Å². The van der Waals surface area contributed by atoms with Crippen molar-refractivity contribution in [3.05, 3.63) is 53.6 Å². The summed E-state index contributed by atoms with van der Waals surface area (Å²) in [5, 5.41) is 0. The second-order valence-corrected chi connectivity index (χ2v) is 6.77. The lowest BCUT2D eigenvalue weighted by Gasteiger charge is -2.36. The van der Waals surface area contributed by atoms with Crippen LogP contribution >= 0.6 is 0 Å². The molecule has 2 aromatic rings. The quantitative estimate of drug-likeness (QED) is 0.627. The van der Waals surface area contributed by atoms with E-state index in [4.69, 9.17) is 18.9 Å². The summed E-state index contributed by atoms with van der Waals surface area (Å²) in [6, 6.07) is 14.3. The molecule has 1 atom stereocenters. The Morgan fingerprint density at radius 1 is 0.889 bits per heavy atom. The lowest BCUT2D eigenvalue weighted by atomic mass is 9.90. The maximum absolute atomic E-state index is 6.54. The van der Waals surface area contributed by atoms with Crippen molar-refractivity contribution in [2.24, 2.45) is 0 Å². The molecule has 5 heteroatoms. The molecular formula is C22H31NO4. The van der Waals surface area contributed by atoms with Crippen LogP contribution in [0.3, 0.4) is 0 Å². The van der Waals surface area contributed by atoms with Gasteiger partial charge in [-0.25, -0.2) is 0 Å². The molecular weight excluding hydrogens is 342 g/mol. The molecule has 2 rings (SSSR count). The molecule has 0 fully saturated rings. The highest BCUT2D eigenvalue weighted by Crippen LogP contribution is 2.39. The van der Waals surface area contributed by atoms with Crippen LogP contribution in [0, 0.1) is 0 Å². The normalized spacial score (nSPS) is 13.3. The Balaban J connectivity index is 2.34. The third-order valence-electron chi connectivity index (χ3n) is 4.68. The third kappa shape index (κ3) is 4.93. The van der Waals surface area contributed by atoms with E-state index in [1.165, 1.54) is 5.56 Å². The van der Waals surface area contributed by atoms with Crippen LogP contribution in [0.2, 0.25) is 0 Å². The first-order valence-corrected chi connectivity index (χ1v) is 9.12. The highest BCUT2D eigenvalue weighted by Gasteiger charge is 2.32. The van der Waals surface area contributed by atoms with Crippen LogP contribution in [0.15, 0.2) is 42.5 Å². The van der Waals surface area contributed by atoms with Crippen LogP contribution in [-0.4, -0.2) is 46.9 Å². The van der Waals surface area contributed by atoms with Crippen LogP contribution in [0.1, 0.15) is 24.5 Å². The molecule has 0 saturated carbocycles. The van der Waals surface area contributed by atoms with Gasteiger partial charge in [-0.1, -0.05) is 37.3 Å². The predicted octanol–water partition coefficient (Wildman–Crippen LogP) is 4.10. The summed E-state index contributed by atoms with van der Waals surface area (Å²) >= 11 is 0. The van der Waals surface area contributed by atoms with Gasteiger partial charge in [0.05, 0.1) is 27.9 Å². The van der Waals surface area contributed by atoms with Crippen LogP contribution in [0.4, 0.5) is 0 Å². The van der Waals surface area contributed by atoms with Crippen molar-refractivity contribution in [2.75, 3.05) is 42.0 Å². The molecule has 1 unspecified atom stereocenters. The fraction of sp³-hybridized carbons (Fsp3) is 0.455. The number of benzene rings is 2. The van der Waals surface area contributed by atoms with E-state index in [0.717, 1.165) is 18.5 Å². The summed E-state index contributed by atoms with van der Waals surface area (Å²) in [5.74, 6) is 1.84. The molecule has 0 amide bonds. The van der Waals surface area contributed by atoms with Gasteiger partial charge in [-0.2, -0.15) is 0 Å². The van der Waals surface area contributed by atoms with Crippen molar-refractivity contribution in [1.82, 2.24) is 4.90 Å². The molecule has 0 N–H and O–H groups in total. The second kappa shape index (κ2) is 9.62. The minimum Gasteiger partial charge on any atom is -0.493 e. The molecule has 5 nitrogen and oxygen atoms in total. The lowest BCUT2D eigenvalue weighted by Crippen LogP contribution is -2.39. The molecule has 0 aliphatic carbocycles. The first-order valence-electron chi connectivity index (χ1n) is 9.12. The van der Waals surface area contributed by atoms with Crippen LogP contribution in [0.25, 0.3) is 0 Å². The highest BCUT2D eigenvalue weighted by atomic mass is 16.5. The molecule has 0 heterocycles. The molecule has 148 valence electrons. The SMILES string of the molecule is CCC(CN(C)C)(OCc1cc(OC)c(OC)c(OC)c1)c1ccccc1. The van der Waals surface area contributed by atoms with Gasteiger partial charge in [0.15, 0.2) is 11.5 Å². The zero-order valence-electron chi connectivity index (χ0n) is 17.2. The molecule has 0 radical (unpaired) electrons. The van der Waals surface area contributed by atoms with Crippen molar-refractivity contribution in [3.8, 4) is 17.2 Å². The fourth-order valence-corrected chi connectivity index (χ4v) is 3.33. The second-order valence-electron chi connectivity index (χ2n) is 6.77. The maximum atomic E-state index is 6.54. The van der Waals surface area contributed by atoms with Gasteiger partial charge in [0.25, 0.3) is 0 Å². The zero-order chi connectivity index (χ0) is 19.9. The monoisotopic (exact) mass is 373 g/mol. The molecule has 0 saturated heterocycles. The van der Waals surface area contributed by atoms with Crippen molar-refractivity contribution in [1.29, 1.82) is 0 Å². The van der Waals surface area contributed by atoms with E-state index < -0.39 is 5.60 Å². The summed E-state index contributed by atoms with van der Waals surface area (Å²) in [7, 11) is 8.97. The number of rotatable bonds is 10. The molecule has 0 bridgehead atoms. The Morgan fingerprint density at radius 2 is 1.48 bits per heavy atom. The summed E-state index contributed by atoms with van der Waals surface area (Å²) < 4.78 is 22.9. The van der Waals surface area contributed by atoms with E-state index in [1.807, 2.05) is 18.2 Å². The predicted molar refractivity (Wildman–Crippen MR) is 108 cm³/mol. The summed E-state index contributed by atoms with van der Waals surface area (Å²) in [6.45, 7) is 3.39. The highest BCUT2D eigenvalue weighted by molar-refractivity contribution is 5.53. The Labute approximate surface area is 162 Å². The van der Waals surface area contributed by atoms with Gasteiger partial charge in [0, 0.05) is 6.54 Å². The largest absolute Gasteiger partial charge is 0.493 e. The average Bonchev–Trinajstić information content (AvgIpc) is 2.70. The molecule has 0 aliphatic rings. The van der Waals surface area contributed by atoms with Gasteiger partial charge < -0.3 is 23.8 Å². The van der Waals surface area contributed by atoms with Crippen molar-refractivity contribution < 1.29 is 18.9 Å².